The van der Waals surface area contributed by atoms with Crippen LogP contribution in [0.5, 0.6) is 0 Å². The van der Waals surface area contributed by atoms with E-state index < -0.39 is 10.0 Å². The van der Waals surface area contributed by atoms with Gasteiger partial charge in [-0.05, 0) is 34.9 Å². The molecule has 4 nitrogen and oxygen atoms in total. The molecule has 0 amide bonds. The molecule has 1 fully saturated rings. The van der Waals surface area contributed by atoms with Gasteiger partial charge >= 0.3 is 0 Å². The van der Waals surface area contributed by atoms with Crippen LogP contribution in [0.25, 0.3) is 0 Å². The summed E-state index contributed by atoms with van der Waals surface area (Å²) in [6.45, 7) is 10.1. The minimum atomic E-state index is -3.52. The molecule has 21 heavy (non-hydrogen) atoms. The van der Waals surface area contributed by atoms with Gasteiger partial charge in [-0.2, -0.15) is 0 Å². The van der Waals surface area contributed by atoms with E-state index in [-0.39, 0.29) is 22.9 Å². The third-order valence-electron chi connectivity index (χ3n) is 5.01. The Morgan fingerprint density at radius 2 is 1.57 bits per heavy atom. The highest BCUT2D eigenvalue weighted by atomic mass is 32.2. The first kappa shape index (κ1) is 16.5. The smallest absolute Gasteiger partial charge is 0.240 e. The van der Waals surface area contributed by atoms with Gasteiger partial charge in [0, 0.05) is 12.1 Å². The summed E-state index contributed by atoms with van der Waals surface area (Å²) >= 11 is 0. The van der Waals surface area contributed by atoms with Crippen LogP contribution in [0.1, 0.15) is 40.2 Å². The Labute approximate surface area is 128 Å². The Balaban J connectivity index is 2.25. The minimum Gasteiger partial charge on any atom is -0.327 e. The fourth-order valence-corrected chi connectivity index (χ4v) is 5.16. The van der Waals surface area contributed by atoms with Gasteiger partial charge in [-0.25, -0.2) is 13.1 Å². The summed E-state index contributed by atoms with van der Waals surface area (Å²) in [5.41, 5.74) is 6.81. The van der Waals surface area contributed by atoms with E-state index in [2.05, 4.69) is 4.72 Å². The molecule has 3 N–H and O–H groups in total. The molecular formula is C16H26N2O2S. The van der Waals surface area contributed by atoms with Gasteiger partial charge in [0.2, 0.25) is 10.0 Å². The maximum Gasteiger partial charge on any atom is 0.240 e. The molecular weight excluding hydrogens is 284 g/mol. The van der Waals surface area contributed by atoms with E-state index in [1.165, 1.54) is 0 Å². The Kier molecular flexibility index (Phi) is 3.98. The number of nitrogens with two attached hydrogens (primary N) is 1. The van der Waals surface area contributed by atoms with Crippen molar-refractivity contribution in [2.75, 3.05) is 0 Å². The Hall–Kier alpha value is -0.910. The quantitative estimate of drug-likeness (QED) is 0.896. The van der Waals surface area contributed by atoms with Crippen molar-refractivity contribution in [1.82, 2.24) is 4.72 Å². The van der Waals surface area contributed by atoms with Crippen LogP contribution in [0.15, 0.2) is 29.2 Å². The van der Waals surface area contributed by atoms with Gasteiger partial charge in [0.1, 0.15) is 0 Å². The van der Waals surface area contributed by atoms with Crippen molar-refractivity contribution in [3.05, 3.63) is 29.8 Å². The first-order valence-corrected chi connectivity index (χ1v) is 8.88. The van der Waals surface area contributed by atoms with E-state index in [0.717, 1.165) is 12.0 Å². The van der Waals surface area contributed by atoms with Crippen LogP contribution in [0.2, 0.25) is 0 Å². The molecule has 0 aliphatic heterocycles. The molecule has 0 spiro atoms. The van der Waals surface area contributed by atoms with E-state index in [9.17, 15) is 8.42 Å². The minimum absolute atomic E-state index is 0.0276. The van der Waals surface area contributed by atoms with E-state index in [4.69, 9.17) is 5.73 Å². The lowest BCUT2D eigenvalue weighted by Gasteiger charge is -2.62. The maximum atomic E-state index is 12.6. The monoisotopic (exact) mass is 310 g/mol. The van der Waals surface area contributed by atoms with Gasteiger partial charge in [0.05, 0.1) is 4.90 Å². The molecule has 0 atom stereocenters. The number of nitrogens with one attached hydrogen (secondary N) is 1. The van der Waals surface area contributed by atoms with Crippen LogP contribution in [-0.2, 0) is 16.4 Å². The van der Waals surface area contributed by atoms with Crippen LogP contribution >= 0.6 is 0 Å². The van der Waals surface area contributed by atoms with Crippen molar-refractivity contribution in [3.63, 3.8) is 0 Å². The molecule has 0 unspecified atom stereocenters. The van der Waals surface area contributed by atoms with E-state index in [1.807, 2.05) is 46.8 Å². The van der Waals surface area contributed by atoms with E-state index in [0.29, 0.717) is 4.90 Å². The molecule has 1 aromatic carbocycles. The Morgan fingerprint density at radius 1 is 1.10 bits per heavy atom. The van der Waals surface area contributed by atoms with Crippen molar-refractivity contribution < 1.29 is 8.42 Å². The van der Waals surface area contributed by atoms with E-state index in [1.54, 1.807) is 12.1 Å². The van der Waals surface area contributed by atoms with Crippen LogP contribution in [0.3, 0.4) is 0 Å². The molecule has 1 saturated carbocycles. The highest BCUT2D eigenvalue weighted by molar-refractivity contribution is 7.89. The highest BCUT2D eigenvalue weighted by Crippen LogP contribution is 2.52. The molecule has 0 bridgehead atoms. The standard InChI is InChI=1S/C16H26N2O2S/c1-6-11-7-9-12(10-8-11)21(19,20)18-14-15(2,3)13(17)16(14,4)5/h7-10,13-14,18H,6,17H2,1-5H3. The molecule has 1 aliphatic carbocycles. The van der Waals surface area contributed by atoms with Gasteiger partial charge in [-0.15, -0.1) is 0 Å². The van der Waals surface area contributed by atoms with Gasteiger partial charge in [0.15, 0.2) is 0 Å². The third-order valence-corrected chi connectivity index (χ3v) is 6.44. The molecule has 2 rings (SSSR count). The Bertz CT molecular complexity index is 602. The number of aryl methyl sites for hydroxylation is 1. The van der Waals surface area contributed by atoms with Crippen molar-refractivity contribution in [3.8, 4) is 0 Å². The van der Waals surface area contributed by atoms with Gasteiger partial charge in [0.25, 0.3) is 0 Å². The predicted octanol–water partition coefficient (Wildman–Crippen LogP) is 2.29. The number of benzene rings is 1. The van der Waals surface area contributed by atoms with Gasteiger partial charge in [-0.1, -0.05) is 46.8 Å². The topological polar surface area (TPSA) is 72.2 Å². The molecule has 5 heteroatoms. The van der Waals surface area contributed by atoms with Crippen LogP contribution in [-0.4, -0.2) is 20.5 Å². The second-order valence-corrected chi connectivity index (χ2v) is 8.89. The average molecular weight is 310 g/mol. The molecule has 0 radical (unpaired) electrons. The van der Waals surface area contributed by atoms with Crippen molar-refractivity contribution in [1.29, 1.82) is 0 Å². The first-order valence-electron chi connectivity index (χ1n) is 7.40. The lowest BCUT2D eigenvalue weighted by atomic mass is 9.49. The highest BCUT2D eigenvalue weighted by Gasteiger charge is 2.61. The maximum absolute atomic E-state index is 12.6. The summed E-state index contributed by atoms with van der Waals surface area (Å²) in [6, 6.07) is 6.85. The zero-order chi connectivity index (χ0) is 16.1. The van der Waals surface area contributed by atoms with E-state index >= 15 is 0 Å². The molecule has 1 aliphatic rings. The lowest BCUT2D eigenvalue weighted by molar-refractivity contribution is -0.0593. The largest absolute Gasteiger partial charge is 0.327 e. The summed E-state index contributed by atoms with van der Waals surface area (Å²) in [7, 11) is -3.52. The third kappa shape index (κ3) is 2.62. The second kappa shape index (κ2) is 5.07. The molecule has 0 saturated heterocycles. The number of sulfonamides is 1. The summed E-state index contributed by atoms with van der Waals surface area (Å²) in [5, 5.41) is 0. The number of rotatable bonds is 4. The van der Waals surface area contributed by atoms with Gasteiger partial charge < -0.3 is 5.73 Å². The van der Waals surface area contributed by atoms with Crippen molar-refractivity contribution in [2.24, 2.45) is 16.6 Å². The second-order valence-electron chi connectivity index (χ2n) is 7.17. The van der Waals surface area contributed by atoms with Crippen molar-refractivity contribution in [2.45, 2.75) is 58.0 Å². The molecule has 118 valence electrons. The fraction of sp³-hybridized carbons (Fsp3) is 0.625. The summed E-state index contributed by atoms with van der Waals surface area (Å²) < 4.78 is 28.0. The predicted molar refractivity (Wildman–Crippen MR) is 85.5 cm³/mol. The first-order chi connectivity index (χ1) is 9.53. The molecule has 0 heterocycles. The Morgan fingerprint density at radius 3 is 2.00 bits per heavy atom. The number of hydrogen-bond donors (Lipinski definition) is 2. The lowest BCUT2D eigenvalue weighted by Crippen LogP contribution is -2.75. The fourth-order valence-electron chi connectivity index (χ4n) is 3.61. The van der Waals surface area contributed by atoms with Gasteiger partial charge in [-0.3, -0.25) is 0 Å². The van der Waals surface area contributed by atoms with Crippen molar-refractivity contribution >= 4 is 10.0 Å². The van der Waals surface area contributed by atoms with Crippen LogP contribution < -0.4 is 10.5 Å². The zero-order valence-corrected chi connectivity index (χ0v) is 14.3. The molecule has 0 aromatic heterocycles. The average Bonchev–Trinajstić information content (AvgIpc) is 2.44. The summed E-state index contributed by atoms with van der Waals surface area (Å²) in [5.74, 6) is 0. The molecule has 1 aromatic rings. The van der Waals surface area contributed by atoms with Crippen LogP contribution in [0.4, 0.5) is 0 Å². The summed E-state index contributed by atoms with van der Waals surface area (Å²) in [6.07, 6.45) is 0.894. The normalized spacial score (nSPS) is 27.1. The zero-order valence-electron chi connectivity index (χ0n) is 13.5. The summed E-state index contributed by atoms with van der Waals surface area (Å²) in [4.78, 5) is 0.312. The number of hydrogen-bond acceptors (Lipinski definition) is 3. The van der Waals surface area contributed by atoms with Crippen LogP contribution in [0, 0.1) is 10.8 Å². The SMILES string of the molecule is CCc1ccc(S(=O)(=O)NC2C(C)(C)C(N)C2(C)C)cc1.